The highest BCUT2D eigenvalue weighted by Gasteiger charge is 2.17. The van der Waals surface area contributed by atoms with Gasteiger partial charge in [0.05, 0.1) is 12.6 Å². The lowest BCUT2D eigenvalue weighted by atomic mass is 10.0. The molecule has 124 valence electrons. The van der Waals surface area contributed by atoms with Gasteiger partial charge in [-0.2, -0.15) is 0 Å². The van der Waals surface area contributed by atoms with Crippen LogP contribution < -0.4 is 5.32 Å². The normalized spacial score (nSPS) is 16.8. The number of aliphatic hydroxyl groups is 1. The van der Waals surface area contributed by atoms with E-state index in [1.54, 1.807) is 0 Å². The molecule has 1 aliphatic heterocycles. The smallest absolute Gasteiger partial charge is 0.117 e. The minimum Gasteiger partial charge on any atom is -0.465 e. The highest BCUT2D eigenvalue weighted by atomic mass is 16.3. The van der Waals surface area contributed by atoms with E-state index in [4.69, 9.17) is 4.42 Å². The van der Waals surface area contributed by atoms with E-state index in [1.807, 2.05) is 19.1 Å². The number of likely N-dealkylation sites (tertiary alicyclic amines) is 1. The molecule has 23 heavy (non-hydrogen) atoms. The van der Waals surface area contributed by atoms with Crippen LogP contribution in [0.3, 0.4) is 0 Å². The van der Waals surface area contributed by atoms with Crippen molar-refractivity contribution in [2.75, 3.05) is 13.1 Å². The molecule has 1 saturated heterocycles. The van der Waals surface area contributed by atoms with E-state index in [-0.39, 0.29) is 6.10 Å². The maximum atomic E-state index is 9.63. The molecule has 4 nitrogen and oxygen atoms in total. The molecule has 0 bridgehead atoms. The number of aliphatic hydroxyl groups excluding tert-OH is 1. The van der Waals surface area contributed by atoms with Crippen molar-refractivity contribution in [1.82, 2.24) is 10.2 Å². The fraction of sp³-hybridized carbons (Fsp3) is 0.474. The van der Waals surface area contributed by atoms with Gasteiger partial charge < -0.3 is 14.8 Å². The zero-order valence-electron chi connectivity index (χ0n) is 13.8. The van der Waals surface area contributed by atoms with Crippen LogP contribution in [-0.2, 0) is 19.6 Å². The summed E-state index contributed by atoms with van der Waals surface area (Å²) < 4.78 is 5.59. The standard InChI is InChI=1S/C19H26N2O2/c1-15-6-7-19(23-15)13-20-12-16-4-2-3-5-17(16)14-21-10-8-18(22)9-11-21/h2-7,18,20,22H,8-14H2,1H3. The van der Waals surface area contributed by atoms with Crippen molar-refractivity contribution in [3.63, 3.8) is 0 Å². The topological polar surface area (TPSA) is 48.6 Å². The van der Waals surface area contributed by atoms with Crippen molar-refractivity contribution in [2.45, 2.75) is 45.5 Å². The average Bonchev–Trinajstić information content (AvgIpc) is 2.97. The van der Waals surface area contributed by atoms with Crippen LogP contribution in [0.5, 0.6) is 0 Å². The van der Waals surface area contributed by atoms with E-state index in [2.05, 4.69) is 34.5 Å². The van der Waals surface area contributed by atoms with Crippen LogP contribution in [0.1, 0.15) is 35.5 Å². The van der Waals surface area contributed by atoms with Gasteiger partial charge in [-0.25, -0.2) is 0 Å². The number of benzene rings is 1. The Bertz CT molecular complexity index is 615. The molecule has 1 aromatic heterocycles. The Balaban J connectivity index is 1.54. The number of nitrogens with zero attached hydrogens (tertiary/aromatic N) is 1. The molecule has 2 N–H and O–H groups in total. The minimum absolute atomic E-state index is 0.111. The van der Waals surface area contributed by atoms with Gasteiger partial charge in [-0.15, -0.1) is 0 Å². The summed E-state index contributed by atoms with van der Waals surface area (Å²) in [4.78, 5) is 2.43. The molecule has 0 aliphatic carbocycles. The van der Waals surface area contributed by atoms with Gasteiger partial charge in [0.1, 0.15) is 11.5 Å². The molecule has 0 amide bonds. The fourth-order valence-corrected chi connectivity index (χ4v) is 3.10. The lowest BCUT2D eigenvalue weighted by Gasteiger charge is -2.30. The van der Waals surface area contributed by atoms with Gasteiger partial charge >= 0.3 is 0 Å². The van der Waals surface area contributed by atoms with Crippen molar-refractivity contribution in [3.05, 3.63) is 59.0 Å². The molecule has 0 spiro atoms. The van der Waals surface area contributed by atoms with Gasteiger partial charge in [0.2, 0.25) is 0 Å². The predicted molar refractivity (Wildman–Crippen MR) is 90.9 cm³/mol. The second-order valence-electron chi connectivity index (χ2n) is 6.39. The Kier molecular flexibility index (Phi) is 5.49. The third-order valence-corrected chi connectivity index (χ3v) is 4.48. The highest BCUT2D eigenvalue weighted by Crippen LogP contribution is 2.17. The van der Waals surface area contributed by atoms with Crippen molar-refractivity contribution in [2.24, 2.45) is 0 Å². The van der Waals surface area contributed by atoms with Crippen LogP contribution in [-0.4, -0.2) is 29.2 Å². The summed E-state index contributed by atoms with van der Waals surface area (Å²) in [6, 6.07) is 12.6. The predicted octanol–water partition coefficient (Wildman–Crippen LogP) is 2.83. The van der Waals surface area contributed by atoms with Gasteiger partial charge in [0.25, 0.3) is 0 Å². The van der Waals surface area contributed by atoms with Crippen LogP contribution >= 0.6 is 0 Å². The summed E-state index contributed by atoms with van der Waals surface area (Å²) in [5.74, 6) is 1.93. The Morgan fingerprint density at radius 1 is 1.09 bits per heavy atom. The SMILES string of the molecule is Cc1ccc(CNCc2ccccc2CN2CCC(O)CC2)o1. The van der Waals surface area contributed by atoms with Crippen LogP contribution in [0.2, 0.25) is 0 Å². The van der Waals surface area contributed by atoms with Crippen LogP contribution in [0.4, 0.5) is 0 Å². The van der Waals surface area contributed by atoms with Crippen molar-refractivity contribution >= 4 is 0 Å². The zero-order chi connectivity index (χ0) is 16.1. The number of piperidine rings is 1. The molecule has 2 heterocycles. The number of rotatable bonds is 6. The number of hydrogen-bond donors (Lipinski definition) is 2. The fourth-order valence-electron chi connectivity index (χ4n) is 3.10. The molecule has 1 fully saturated rings. The molecular weight excluding hydrogens is 288 g/mol. The van der Waals surface area contributed by atoms with E-state index in [1.165, 1.54) is 11.1 Å². The van der Waals surface area contributed by atoms with Crippen molar-refractivity contribution in [3.8, 4) is 0 Å². The lowest BCUT2D eigenvalue weighted by Crippen LogP contribution is -2.35. The first-order chi connectivity index (χ1) is 11.2. The van der Waals surface area contributed by atoms with Crippen LogP contribution in [0.25, 0.3) is 0 Å². The molecule has 2 aromatic rings. The second kappa shape index (κ2) is 7.77. The zero-order valence-corrected chi connectivity index (χ0v) is 13.8. The van der Waals surface area contributed by atoms with E-state index in [0.717, 1.165) is 57.1 Å². The van der Waals surface area contributed by atoms with Crippen LogP contribution in [0.15, 0.2) is 40.8 Å². The summed E-state index contributed by atoms with van der Waals surface area (Å²) in [5.41, 5.74) is 2.70. The van der Waals surface area contributed by atoms with E-state index >= 15 is 0 Å². The Morgan fingerprint density at radius 2 is 1.83 bits per heavy atom. The Morgan fingerprint density at radius 3 is 2.52 bits per heavy atom. The largest absolute Gasteiger partial charge is 0.465 e. The first-order valence-corrected chi connectivity index (χ1v) is 8.44. The molecular formula is C19H26N2O2. The van der Waals surface area contributed by atoms with E-state index < -0.39 is 0 Å². The molecule has 3 rings (SSSR count). The first kappa shape index (κ1) is 16.2. The number of aryl methyl sites for hydroxylation is 1. The molecule has 1 aliphatic rings. The molecule has 4 heteroatoms. The third kappa shape index (κ3) is 4.67. The highest BCUT2D eigenvalue weighted by molar-refractivity contribution is 5.27. The van der Waals surface area contributed by atoms with Crippen molar-refractivity contribution < 1.29 is 9.52 Å². The summed E-state index contributed by atoms with van der Waals surface area (Å²) in [7, 11) is 0. The van der Waals surface area contributed by atoms with E-state index in [0.29, 0.717) is 0 Å². The quantitative estimate of drug-likeness (QED) is 0.861. The number of furan rings is 1. The number of hydrogen-bond acceptors (Lipinski definition) is 4. The first-order valence-electron chi connectivity index (χ1n) is 8.44. The van der Waals surface area contributed by atoms with Gasteiger partial charge in [-0.1, -0.05) is 24.3 Å². The molecule has 0 radical (unpaired) electrons. The summed E-state index contributed by atoms with van der Waals surface area (Å²) in [6.07, 6.45) is 1.66. The summed E-state index contributed by atoms with van der Waals surface area (Å²) >= 11 is 0. The Labute approximate surface area is 138 Å². The van der Waals surface area contributed by atoms with Gasteiger partial charge in [-0.3, -0.25) is 4.90 Å². The van der Waals surface area contributed by atoms with Gasteiger partial charge in [0.15, 0.2) is 0 Å². The molecule has 0 saturated carbocycles. The van der Waals surface area contributed by atoms with E-state index in [9.17, 15) is 5.11 Å². The third-order valence-electron chi connectivity index (χ3n) is 4.48. The van der Waals surface area contributed by atoms with Gasteiger partial charge in [-0.05, 0) is 43.0 Å². The minimum atomic E-state index is -0.111. The molecule has 1 aromatic carbocycles. The summed E-state index contributed by atoms with van der Waals surface area (Å²) in [5, 5.41) is 13.1. The maximum Gasteiger partial charge on any atom is 0.117 e. The molecule has 0 unspecified atom stereocenters. The number of nitrogens with one attached hydrogen (secondary N) is 1. The lowest BCUT2D eigenvalue weighted by molar-refractivity contribution is 0.0791. The average molecular weight is 314 g/mol. The van der Waals surface area contributed by atoms with Crippen LogP contribution in [0, 0.1) is 6.92 Å². The van der Waals surface area contributed by atoms with Gasteiger partial charge in [0, 0.05) is 26.2 Å². The second-order valence-corrected chi connectivity index (χ2v) is 6.39. The van der Waals surface area contributed by atoms with Crippen molar-refractivity contribution in [1.29, 1.82) is 0 Å². The maximum absolute atomic E-state index is 9.63. The monoisotopic (exact) mass is 314 g/mol. The Hall–Kier alpha value is -1.62. The molecule has 0 atom stereocenters. The summed E-state index contributed by atoms with van der Waals surface area (Å²) in [6.45, 7) is 6.48.